The molecule has 0 saturated carbocycles. The van der Waals surface area contributed by atoms with E-state index in [9.17, 15) is 23.5 Å². The van der Waals surface area contributed by atoms with Crippen LogP contribution in [-0.2, 0) is 14.3 Å². The number of esters is 1. The van der Waals surface area contributed by atoms with E-state index in [4.69, 9.17) is 25.6 Å². The Hall–Kier alpha value is -5.36. The van der Waals surface area contributed by atoms with E-state index >= 15 is 4.39 Å². The van der Waals surface area contributed by atoms with E-state index in [2.05, 4.69) is 20.8 Å². The number of fused-ring (bicyclic) bond motifs is 5. The minimum atomic E-state index is -1.07. The van der Waals surface area contributed by atoms with Crippen molar-refractivity contribution in [3.8, 4) is 35.4 Å². The molecule has 0 radical (unpaired) electrons. The molecule has 2 aromatic heterocycles. The highest BCUT2D eigenvalue weighted by molar-refractivity contribution is 6.03. The Bertz CT molecular complexity index is 2260. The van der Waals surface area contributed by atoms with Crippen molar-refractivity contribution in [2.75, 3.05) is 37.7 Å². The molecule has 56 heavy (non-hydrogen) atoms. The maximum Gasteiger partial charge on any atom is 0.413 e. The van der Waals surface area contributed by atoms with Crippen LogP contribution < -0.4 is 9.64 Å². The summed E-state index contributed by atoms with van der Waals surface area (Å²) < 4.78 is 63.9. The van der Waals surface area contributed by atoms with Crippen molar-refractivity contribution < 1.29 is 42.1 Å². The van der Waals surface area contributed by atoms with Gasteiger partial charge in [0.15, 0.2) is 5.82 Å². The molecule has 4 aliphatic heterocycles. The molecule has 2 bridgehead atoms. The number of benzene rings is 2. The van der Waals surface area contributed by atoms with Crippen LogP contribution in [0.1, 0.15) is 64.9 Å². The molecule has 4 aliphatic rings. The molecule has 1 amide bonds. The zero-order valence-electron chi connectivity index (χ0n) is 31.4. The Balaban J connectivity index is 1.16. The van der Waals surface area contributed by atoms with Crippen LogP contribution >= 0.6 is 0 Å². The molecule has 0 aliphatic carbocycles. The Kier molecular flexibility index (Phi) is 9.80. The zero-order valence-corrected chi connectivity index (χ0v) is 31.4. The molecule has 6 atom stereocenters. The Morgan fingerprint density at radius 1 is 1.11 bits per heavy atom. The molecule has 0 spiro atoms. The van der Waals surface area contributed by atoms with Gasteiger partial charge in [-0.05, 0) is 62.2 Å². The number of alkyl halides is 1. The lowest BCUT2D eigenvalue weighted by molar-refractivity contribution is -0.171. The average Bonchev–Trinajstić information content (AvgIpc) is 3.79. The number of ether oxygens (including phenoxy) is 3. The summed E-state index contributed by atoms with van der Waals surface area (Å²) in [7, 11) is 0. The number of pyridine rings is 1. The summed E-state index contributed by atoms with van der Waals surface area (Å²) in [6, 6.07) is 4.60. The summed E-state index contributed by atoms with van der Waals surface area (Å²) in [5, 5.41) is 11.5. The summed E-state index contributed by atoms with van der Waals surface area (Å²) in [5.74, 6) is 0.148. The SMILES string of the molecule is C#Cc1c(F)ccc2cc(O)cc(-c3ncc4c(N5CC6CCC(C5)N6C(=O)OC(C)OC(=O)C(C)CC)nc(OC[C@@]56CCCN5C[C@H](F)C6)nc4c3F)c12. The van der Waals surface area contributed by atoms with Gasteiger partial charge >= 0.3 is 18.1 Å². The summed E-state index contributed by atoms with van der Waals surface area (Å²) in [6.07, 6.45) is 8.36. The lowest BCUT2D eigenvalue weighted by Crippen LogP contribution is -2.56. The Labute approximate surface area is 321 Å². The zero-order chi connectivity index (χ0) is 39.5. The first-order chi connectivity index (χ1) is 26.9. The van der Waals surface area contributed by atoms with Crippen LogP contribution in [0.3, 0.4) is 0 Å². The van der Waals surface area contributed by atoms with Crippen LogP contribution in [0.5, 0.6) is 11.8 Å². The first-order valence-electron chi connectivity index (χ1n) is 19.1. The third kappa shape index (κ3) is 6.57. The topological polar surface area (TPSA) is 130 Å². The Morgan fingerprint density at radius 2 is 1.88 bits per heavy atom. The highest BCUT2D eigenvalue weighted by Crippen LogP contribution is 2.43. The van der Waals surface area contributed by atoms with E-state index in [0.717, 1.165) is 19.4 Å². The number of piperazine rings is 1. The second-order valence-corrected chi connectivity index (χ2v) is 15.4. The van der Waals surface area contributed by atoms with Crippen molar-refractivity contribution >= 4 is 39.6 Å². The first kappa shape index (κ1) is 37.6. The van der Waals surface area contributed by atoms with Crippen molar-refractivity contribution in [1.82, 2.24) is 24.8 Å². The second-order valence-electron chi connectivity index (χ2n) is 15.4. The number of carbonyl (C=O) groups excluding carboxylic acids is 2. The molecule has 8 rings (SSSR count). The number of halogens is 3. The number of rotatable bonds is 9. The highest BCUT2D eigenvalue weighted by atomic mass is 19.1. The van der Waals surface area contributed by atoms with Gasteiger partial charge in [-0.1, -0.05) is 25.8 Å². The van der Waals surface area contributed by atoms with Gasteiger partial charge < -0.3 is 24.2 Å². The van der Waals surface area contributed by atoms with E-state index in [1.54, 1.807) is 11.8 Å². The smallest absolute Gasteiger partial charge is 0.413 e. The first-order valence-corrected chi connectivity index (χ1v) is 19.1. The third-order valence-corrected chi connectivity index (χ3v) is 11.9. The number of nitrogens with zero attached hydrogens (tertiary/aromatic N) is 6. The minimum absolute atomic E-state index is 0.0733. The number of amides is 1. The molecule has 6 heterocycles. The van der Waals surface area contributed by atoms with Crippen LogP contribution in [0.4, 0.5) is 23.8 Å². The fourth-order valence-electron chi connectivity index (χ4n) is 8.96. The number of aromatic hydroxyl groups is 1. The average molecular weight is 773 g/mol. The van der Waals surface area contributed by atoms with Crippen molar-refractivity contribution in [3.63, 3.8) is 0 Å². The van der Waals surface area contributed by atoms with Crippen LogP contribution in [0.2, 0.25) is 0 Å². The van der Waals surface area contributed by atoms with E-state index in [-0.39, 0.29) is 69.5 Å². The van der Waals surface area contributed by atoms with Gasteiger partial charge in [-0.3, -0.25) is 19.6 Å². The number of phenolic OH excluding ortho intramolecular Hbond substituents is 1. The fraction of sp³-hybridized carbons (Fsp3) is 0.488. The normalized spacial score (nSPS) is 24.3. The molecule has 4 aromatic rings. The van der Waals surface area contributed by atoms with Gasteiger partial charge in [0, 0.05) is 50.1 Å². The van der Waals surface area contributed by atoms with E-state index in [0.29, 0.717) is 56.5 Å². The number of phenols is 1. The summed E-state index contributed by atoms with van der Waals surface area (Å²) in [6.45, 7) is 6.92. The number of carbonyl (C=O) groups is 2. The molecule has 4 fully saturated rings. The van der Waals surface area contributed by atoms with Gasteiger partial charge in [0.2, 0.25) is 6.29 Å². The van der Waals surface area contributed by atoms with E-state index < -0.39 is 41.7 Å². The predicted octanol–water partition coefficient (Wildman–Crippen LogP) is 6.49. The number of terminal acetylenes is 1. The van der Waals surface area contributed by atoms with Gasteiger partial charge in [0.1, 0.15) is 41.4 Å². The molecule has 2 aromatic carbocycles. The number of anilines is 1. The quantitative estimate of drug-likeness (QED) is 0.114. The van der Waals surface area contributed by atoms with Crippen molar-refractivity contribution in [2.24, 2.45) is 5.92 Å². The summed E-state index contributed by atoms with van der Waals surface area (Å²) in [5.41, 5.74) is -0.912. The van der Waals surface area contributed by atoms with Crippen LogP contribution in [0.15, 0.2) is 30.5 Å². The van der Waals surface area contributed by atoms with Gasteiger partial charge in [0.25, 0.3) is 0 Å². The second kappa shape index (κ2) is 14.6. The third-order valence-electron chi connectivity index (χ3n) is 11.9. The lowest BCUT2D eigenvalue weighted by Gasteiger charge is -2.41. The summed E-state index contributed by atoms with van der Waals surface area (Å²) in [4.78, 5) is 45.3. The standard InChI is InChI=1S/C41H43F3N6O6/c1-5-22(3)38(52)55-23(4)56-40(53)50-26-9-10-27(50)20-48(19-26)37-31-17-45-35(30-15-28(51)14-24-8-11-32(43)29(6-2)33(24)30)34(44)36(31)46-39(47-37)54-21-41-12-7-13-49(41)18-25(42)16-41/h2,8,11,14-15,17,22-23,25-27,51H,5,7,9-10,12-13,16,18-21H2,1,3-4H3/t22?,23?,25-,26?,27?,41+/m1/s1. The predicted molar refractivity (Wildman–Crippen MR) is 201 cm³/mol. The monoisotopic (exact) mass is 772 g/mol. The van der Waals surface area contributed by atoms with Gasteiger partial charge in [-0.25, -0.2) is 18.0 Å². The van der Waals surface area contributed by atoms with E-state index in [1.165, 1.54) is 37.4 Å². The van der Waals surface area contributed by atoms with Crippen molar-refractivity contribution in [3.05, 3.63) is 47.7 Å². The van der Waals surface area contributed by atoms with Gasteiger partial charge in [0.05, 0.1) is 34.5 Å². The molecule has 4 saturated heterocycles. The molecule has 4 unspecified atom stereocenters. The Morgan fingerprint density at radius 3 is 2.61 bits per heavy atom. The van der Waals surface area contributed by atoms with Crippen molar-refractivity contribution in [2.45, 2.75) is 89.4 Å². The lowest BCUT2D eigenvalue weighted by atomic mass is 9.95. The van der Waals surface area contributed by atoms with Crippen LogP contribution in [0, 0.1) is 29.9 Å². The molecule has 12 nitrogen and oxygen atoms in total. The van der Waals surface area contributed by atoms with E-state index in [1.807, 2.05) is 11.8 Å². The largest absolute Gasteiger partial charge is 0.508 e. The number of hydrogen-bond donors (Lipinski definition) is 1. The van der Waals surface area contributed by atoms with Gasteiger partial charge in [-0.15, -0.1) is 6.42 Å². The van der Waals surface area contributed by atoms with Gasteiger partial charge in [-0.2, -0.15) is 9.97 Å². The van der Waals surface area contributed by atoms with Crippen molar-refractivity contribution in [1.29, 1.82) is 0 Å². The molecule has 294 valence electrons. The summed E-state index contributed by atoms with van der Waals surface area (Å²) >= 11 is 0. The minimum Gasteiger partial charge on any atom is -0.508 e. The maximum absolute atomic E-state index is 17.1. The number of aromatic nitrogens is 3. The van der Waals surface area contributed by atoms with Crippen LogP contribution in [0.25, 0.3) is 32.9 Å². The number of hydrogen-bond acceptors (Lipinski definition) is 11. The van der Waals surface area contributed by atoms with Crippen LogP contribution in [-0.4, -0.2) is 105 Å². The molecule has 1 N–H and O–H groups in total. The fourth-order valence-corrected chi connectivity index (χ4v) is 8.96. The highest BCUT2D eigenvalue weighted by Gasteiger charge is 2.50. The molecular formula is C41H43F3N6O6. The molecule has 15 heteroatoms. The maximum atomic E-state index is 17.1. The molecular weight excluding hydrogens is 729 g/mol.